The molecule has 2 rings (SSSR count). The van der Waals surface area contributed by atoms with Crippen LogP contribution in [0.5, 0.6) is 0 Å². The molecule has 2 amide bonds. The molecule has 1 saturated heterocycles. The van der Waals surface area contributed by atoms with Crippen LogP contribution < -0.4 is 10.2 Å². The average Bonchev–Trinajstić information content (AvgIpc) is 2.54. The summed E-state index contributed by atoms with van der Waals surface area (Å²) in [7, 11) is 1.82. The zero-order valence-electron chi connectivity index (χ0n) is 14.0. The van der Waals surface area contributed by atoms with Crippen molar-refractivity contribution in [3.8, 4) is 0 Å². The van der Waals surface area contributed by atoms with Crippen molar-refractivity contribution >= 4 is 11.7 Å². The number of ether oxygens (including phenoxy) is 1. The van der Waals surface area contributed by atoms with Gasteiger partial charge in [-0.2, -0.15) is 0 Å². The number of urea groups is 1. The van der Waals surface area contributed by atoms with Crippen molar-refractivity contribution < 1.29 is 9.53 Å². The molecule has 1 aliphatic rings. The van der Waals surface area contributed by atoms with Crippen molar-refractivity contribution in [1.29, 1.82) is 0 Å². The van der Waals surface area contributed by atoms with Crippen molar-refractivity contribution in [3.05, 3.63) is 29.8 Å². The van der Waals surface area contributed by atoms with Gasteiger partial charge < -0.3 is 19.9 Å². The van der Waals surface area contributed by atoms with Crippen LogP contribution >= 0.6 is 0 Å². The summed E-state index contributed by atoms with van der Waals surface area (Å²) < 4.78 is 5.43. The molecule has 122 valence electrons. The number of hydrogen-bond acceptors (Lipinski definition) is 3. The van der Waals surface area contributed by atoms with Gasteiger partial charge in [-0.3, -0.25) is 0 Å². The van der Waals surface area contributed by atoms with Gasteiger partial charge in [0.05, 0.1) is 19.3 Å². The van der Waals surface area contributed by atoms with Gasteiger partial charge in [-0.15, -0.1) is 0 Å². The summed E-state index contributed by atoms with van der Waals surface area (Å²) in [5, 5.41) is 3.09. The number of hydrogen-bond donors (Lipinski definition) is 1. The number of amides is 2. The number of anilines is 1. The quantitative estimate of drug-likeness (QED) is 0.930. The summed E-state index contributed by atoms with van der Waals surface area (Å²) in [5.74, 6) is 0. The maximum absolute atomic E-state index is 12.2. The van der Waals surface area contributed by atoms with Gasteiger partial charge in [0.15, 0.2) is 0 Å². The molecule has 1 aliphatic heterocycles. The Hall–Kier alpha value is -1.75. The molecule has 0 radical (unpaired) electrons. The van der Waals surface area contributed by atoms with Gasteiger partial charge in [-0.1, -0.05) is 18.2 Å². The second kappa shape index (κ2) is 7.49. The van der Waals surface area contributed by atoms with Crippen molar-refractivity contribution in [3.63, 3.8) is 0 Å². The average molecular weight is 305 g/mol. The van der Waals surface area contributed by atoms with Crippen LogP contribution in [0.3, 0.4) is 0 Å². The lowest BCUT2D eigenvalue weighted by atomic mass is 10.0. The highest BCUT2D eigenvalue weighted by atomic mass is 16.5. The Morgan fingerprint density at radius 1 is 1.23 bits per heavy atom. The molecule has 0 unspecified atom stereocenters. The molecule has 0 bridgehead atoms. The van der Waals surface area contributed by atoms with Crippen LogP contribution in [0.25, 0.3) is 0 Å². The third-order valence-electron chi connectivity index (χ3n) is 4.19. The Labute approximate surface area is 133 Å². The maximum Gasteiger partial charge on any atom is 0.317 e. The molecular formula is C17H27N3O2. The summed E-state index contributed by atoms with van der Waals surface area (Å²) in [6, 6.07) is 8.38. The zero-order valence-corrected chi connectivity index (χ0v) is 14.0. The number of para-hydroxylation sites is 1. The molecule has 5 heteroatoms. The second-order valence-electron chi connectivity index (χ2n) is 6.03. The minimum Gasteiger partial charge on any atom is -0.378 e. The molecule has 0 aromatic heterocycles. The Morgan fingerprint density at radius 3 is 2.50 bits per heavy atom. The highest BCUT2D eigenvalue weighted by molar-refractivity contribution is 5.75. The number of nitrogens with zero attached hydrogens (tertiary/aromatic N) is 2. The first-order valence-corrected chi connectivity index (χ1v) is 7.95. The van der Waals surface area contributed by atoms with Gasteiger partial charge in [0, 0.05) is 31.9 Å². The van der Waals surface area contributed by atoms with E-state index in [1.165, 1.54) is 5.69 Å². The number of carbonyl (C=O) groups is 1. The van der Waals surface area contributed by atoms with Gasteiger partial charge >= 0.3 is 6.03 Å². The Morgan fingerprint density at radius 2 is 1.86 bits per heavy atom. The molecule has 22 heavy (non-hydrogen) atoms. The Bertz CT molecular complexity index is 498. The molecule has 0 spiro atoms. The van der Waals surface area contributed by atoms with E-state index in [0.29, 0.717) is 0 Å². The van der Waals surface area contributed by atoms with Crippen LogP contribution in [-0.2, 0) is 4.74 Å². The van der Waals surface area contributed by atoms with Crippen molar-refractivity contribution in [2.24, 2.45) is 0 Å². The predicted molar refractivity (Wildman–Crippen MR) is 89.3 cm³/mol. The van der Waals surface area contributed by atoms with Gasteiger partial charge in [0.25, 0.3) is 0 Å². The molecule has 1 atom stereocenters. The first-order chi connectivity index (χ1) is 10.5. The number of benzene rings is 1. The van der Waals surface area contributed by atoms with E-state index < -0.39 is 0 Å². The zero-order chi connectivity index (χ0) is 16.1. The topological polar surface area (TPSA) is 44.8 Å². The lowest BCUT2D eigenvalue weighted by molar-refractivity contribution is 0.122. The van der Waals surface area contributed by atoms with E-state index in [4.69, 9.17) is 4.74 Å². The SMILES string of the molecule is CC(C)N(C)C(=O)N[C@@H](C)c1ccccc1N1CCOCC1. The fourth-order valence-electron chi connectivity index (χ4n) is 2.55. The third-order valence-corrected chi connectivity index (χ3v) is 4.19. The first-order valence-electron chi connectivity index (χ1n) is 7.95. The molecule has 1 aromatic carbocycles. The van der Waals surface area contributed by atoms with E-state index >= 15 is 0 Å². The van der Waals surface area contributed by atoms with Crippen LogP contribution in [0.15, 0.2) is 24.3 Å². The Kier molecular flexibility index (Phi) is 5.66. The number of carbonyl (C=O) groups excluding carboxylic acids is 1. The summed E-state index contributed by atoms with van der Waals surface area (Å²) in [4.78, 5) is 16.3. The molecule has 1 heterocycles. The van der Waals surface area contributed by atoms with E-state index in [0.717, 1.165) is 31.9 Å². The first kappa shape index (κ1) is 16.6. The summed E-state index contributed by atoms with van der Waals surface area (Å²) in [5.41, 5.74) is 2.33. The van der Waals surface area contributed by atoms with Crippen molar-refractivity contribution in [1.82, 2.24) is 10.2 Å². The van der Waals surface area contributed by atoms with E-state index in [2.05, 4.69) is 22.3 Å². The molecule has 5 nitrogen and oxygen atoms in total. The van der Waals surface area contributed by atoms with E-state index in [-0.39, 0.29) is 18.1 Å². The van der Waals surface area contributed by atoms with Gasteiger partial charge in [0.1, 0.15) is 0 Å². The molecular weight excluding hydrogens is 278 g/mol. The van der Waals surface area contributed by atoms with Crippen LogP contribution in [-0.4, -0.2) is 50.3 Å². The van der Waals surface area contributed by atoms with E-state index in [9.17, 15) is 4.79 Å². The van der Waals surface area contributed by atoms with E-state index in [1.54, 1.807) is 4.90 Å². The fourth-order valence-corrected chi connectivity index (χ4v) is 2.55. The minimum atomic E-state index is -0.0423. The largest absolute Gasteiger partial charge is 0.378 e. The smallest absolute Gasteiger partial charge is 0.317 e. The normalized spacial score (nSPS) is 16.5. The number of morpholine rings is 1. The standard InChI is InChI=1S/C17H27N3O2/c1-13(2)19(4)17(21)18-14(3)15-7-5-6-8-16(15)20-9-11-22-12-10-20/h5-8,13-14H,9-12H2,1-4H3,(H,18,21)/t14-/m0/s1. The van der Waals surface area contributed by atoms with Gasteiger partial charge in [0.2, 0.25) is 0 Å². The summed E-state index contributed by atoms with van der Waals surface area (Å²) in [6.45, 7) is 9.34. The number of rotatable bonds is 4. The molecule has 1 aromatic rings. The minimum absolute atomic E-state index is 0.0345. The van der Waals surface area contributed by atoms with Gasteiger partial charge in [-0.25, -0.2) is 4.79 Å². The number of nitrogens with one attached hydrogen (secondary N) is 1. The third kappa shape index (κ3) is 3.91. The van der Waals surface area contributed by atoms with Crippen LogP contribution in [0.1, 0.15) is 32.4 Å². The summed E-state index contributed by atoms with van der Waals surface area (Å²) in [6.07, 6.45) is 0. The Balaban J connectivity index is 2.12. The van der Waals surface area contributed by atoms with Crippen molar-refractivity contribution in [2.75, 3.05) is 38.3 Å². The van der Waals surface area contributed by atoms with E-state index in [1.807, 2.05) is 40.0 Å². The molecule has 0 saturated carbocycles. The van der Waals surface area contributed by atoms with Crippen LogP contribution in [0.4, 0.5) is 10.5 Å². The highest BCUT2D eigenvalue weighted by Crippen LogP contribution is 2.27. The monoisotopic (exact) mass is 305 g/mol. The maximum atomic E-state index is 12.2. The van der Waals surface area contributed by atoms with Crippen molar-refractivity contribution in [2.45, 2.75) is 32.9 Å². The van der Waals surface area contributed by atoms with Gasteiger partial charge in [-0.05, 0) is 32.4 Å². The molecule has 1 fully saturated rings. The molecule has 0 aliphatic carbocycles. The van der Waals surface area contributed by atoms with Crippen LogP contribution in [0, 0.1) is 0 Å². The van der Waals surface area contributed by atoms with Crippen LogP contribution in [0.2, 0.25) is 0 Å². The second-order valence-corrected chi connectivity index (χ2v) is 6.03. The lowest BCUT2D eigenvalue weighted by Gasteiger charge is -2.32. The predicted octanol–water partition coefficient (Wildman–Crippen LogP) is 2.63. The molecule has 1 N–H and O–H groups in total. The fraction of sp³-hybridized carbons (Fsp3) is 0.588. The highest BCUT2D eigenvalue weighted by Gasteiger charge is 2.20. The lowest BCUT2D eigenvalue weighted by Crippen LogP contribution is -2.42. The summed E-state index contributed by atoms with van der Waals surface area (Å²) >= 11 is 0.